The number of pyridine rings is 1. The molecule has 1 unspecified atom stereocenters. The number of benzene rings is 2. The summed E-state index contributed by atoms with van der Waals surface area (Å²) in [5, 5.41) is 6.30. The van der Waals surface area contributed by atoms with Crippen molar-refractivity contribution >= 4 is 44.7 Å². The first kappa shape index (κ1) is 42.9. The average molecular weight is 844 g/mol. The Morgan fingerprint density at radius 1 is 1.02 bits per heavy atom. The third-order valence-electron chi connectivity index (χ3n) is 12.0. The Morgan fingerprint density at radius 3 is 2.30 bits per heavy atom. The summed E-state index contributed by atoms with van der Waals surface area (Å²) in [6, 6.07) is 14.5. The third kappa shape index (κ3) is 8.96. The number of rotatable bonds is 14. The lowest BCUT2D eigenvalue weighted by Crippen LogP contribution is -2.60. The summed E-state index contributed by atoms with van der Waals surface area (Å²) < 4.78 is 46.4. The molecule has 322 valence electrons. The van der Waals surface area contributed by atoms with E-state index in [4.69, 9.17) is 19.2 Å². The lowest BCUT2D eigenvalue weighted by Gasteiger charge is -2.36. The molecule has 5 atom stereocenters. The van der Waals surface area contributed by atoms with Crippen molar-refractivity contribution in [3.63, 3.8) is 0 Å². The van der Waals surface area contributed by atoms with Crippen molar-refractivity contribution in [3.05, 3.63) is 67.3 Å². The first-order valence-electron chi connectivity index (χ1n) is 20.7. The van der Waals surface area contributed by atoms with Crippen molar-refractivity contribution in [1.82, 2.24) is 25.2 Å². The van der Waals surface area contributed by atoms with Crippen molar-refractivity contribution in [2.75, 3.05) is 13.7 Å². The molecule has 0 bridgehead atoms. The highest BCUT2D eigenvalue weighted by atomic mass is 32.2. The fraction of sp³-hybridized carbons (Fsp3) is 0.533. The van der Waals surface area contributed by atoms with Gasteiger partial charge in [-0.05, 0) is 69.9 Å². The van der Waals surface area contributed by atoms with Gasteiger partial charge in [0.1, 0.15) is 40.8 Å². The number of hydrogen-bond acceptors (Lipinski definition) is 10. The zero-order chi connectivity index (χ0) is 43.4. The molecule has 1 saturated heterocycles. The largest absolute Gasteiger partial charge is 0.497 e. The predicted octanol–water partition coefficient (Wildman–Crippen LogP) is 6.04. The molecule has 2 aromatic carbocycles. The van der Waals surface area contributed by atoms with E-state index in [1.165, 1.54) is 11.0 Å². The molecule has 4 aliphatic rings. The number of sulfonamides is 1. The lowest BCUT2D eigenvalue weighted by molar-refractivity contribution is -0.143. The van der Waals surface area contributed by atoms with Crippen LogP contribution < -0.4 is 24.8 Å². The summed E-state index contributed by atoms with van der Waals surface area (Å²) >= 11 is 0. The number of aromatic nitrogens is 1. The van der Waals surface area contributed by atoms with E-state index in [0.717, 1.165) is 18.4 Å². The molecule has 60 heavy (non-hydrogen) atoms. The SMILES string of the molecule is C=CC1C[C@]1(NC(=O)[C@@H]1C[C@@H](Oc2cc(-c3ccccc3)nc3cc(OC)ccc23)CN1C(=O)[C@@H](NC(=O)OC(C)(C)C)C(C)(C)C)C(=O)NS(=O)(=O)C1(CC2CC2)CC1. The Balaban J connectivity index is 1.20. The zero-order valence-corrected chi connectivity index (χ0v) is 36.3. The van der Waals surface area contributed by atoms with E-state index < -0.39 is 79.2 Å². The summed E-state index contributed by atoms with van der Waals surface area (Å²) in [5.74, 6) is -1.17. The fourth-order valence-corrected chi connectivity index (χ4v) is 9.92. The number of hydrogen-bond donors (Lipinski definition) is 3. The van der Waals surface area contributed by atoms with Gasteiger partial charge in [0.05, 0.1) is 29.6 Å². The summed E-state index contributed by atoms with van der Waals surface area (Å²) in [5.41, 5.74) is -1.17. The second kappa shape index (κ2) is 15.7. The topological polar surface area (TPSA) is 182 Å². The second-order valence-electron chi connectivity index (χ2n) is 19.0. The van der Waals surface area contributed by atoms with Crippen molar-refractivity contribution in [2.24, 2.45) is 17.3 Å². The molecule has 2 heterocycles. The van der Waals surface area contributed by atoms with E-state index in [9.17, 15) is 27.6 Å². The Kier molecular flexibility index (Phi) is 11.2. The highest BCUT2D eigenvalue weighted by molar-refractivity contribution is 7.91. The molecule has 3 saturated carbocycles. The minimum absolute atomic E-state index is 0.0147. The van der Waals surface area contributed by atoms with Crippen molar-refractivity contribution in [2.45, 2.75) is 121 Å². The number of alkyl carbamates (subject to hydrolysis) is 1. The number of nitrogens with one attached hydrogen (secondary N) is 3. The molecule has 7 rings (SSSR count). The molecule has 0 spiro atoms. The van der Waals surface area contributed by atoms with Gasteiger partial charge < -0.3 is 29.7 Å². The monoisotopic (exact) mass is 843 g/mol. The molecule has 1 aromatic heterocycles. The first-order valence-corrected chi connectivity index (χ1v) is 22.2. The van der Waals surface area contributed by atoms with Crippen LogP contribution in [0.15, 0.2) is 67.3 Å². The predicted molar refractivity (Wildman–Crippen MR) is 226 cm³/mol. The number of carbonyl (C=O) groups is 4. The van der Waals surface area contributed by atoms with Gasteiger partial charge in [-0.2, -0.15) is 0 Å². The number of nitrogens with zero attached hydrogens (tertiary/aromatic N) is 2. The maximum Gasteiger partial charge on any atom is 0.408 e. The average Bonchev–Trinajstić information content (AvgIpc) is 4.13. The zero-order valence-electron chi connectivity index (χ0n) is 35.5. The molecule has 15 heteroatoms. The summed E-state index contributed by atoms with van der Waals surface area (Å²) in [7, 11) is -2.46. The van der Waals surface area contributed by atoms with Crippen LogP contribution in [0, 0.1) is 17.3 Å². The van der Waals surface area contributed by atoms with Gasteiger partial charge in [-0.25, -0.2) is 18.2 Å². The Morgan fingerprint density at radius 2 is 1.72 bits per heavy atom. The van der Waals surface area contributed by atoms with Crippen molar-refractivity contribution < 1.29 is 41.8 Å². The first-order chi connectivity index (χ1) is 28.2. The molecular weight excluding hydrogens is 787 g/mol. The van der Waals surface area contributed by atoms with Crippen LogP contribution in [-0.2, 0) is 29.1 Å². The van der Waals surface area contributed by atoms with Crippen LogP contribution in [0.1, 0.15) is 86.5 Å². The Bertz CT molecular complexity index is 2300. The van der Waals surface area contributed by atoms with Crippen LogP contribution in [0.2, 0.25) is 0 Å². The van der Waals surface area contributed by atoms with Crippen LogP contribution in [-0.4, -0.2) is 89.8 Å². The number of likely N-dealkylation sites (tertiary alicyclic amines) is 1. The number of carbonyl (C=O) groups excluding carboxylic acids is 4. The standard InChI is InChI=1S/C45H57N5O9S/c1-9-29-25-45(29,40(53)49-60(55,56)44(19-20-44)24-27-15-16-27)48-38(51)35-22-31(26-50(35)39(52)37(42(2,3)4)47-41(54)59-43(5,6)7)58-36-23-33(28-13-11-10-12-14-28)46-34-21-30(57-8)17-18-32(34)36/h9-14,17-18,21,23,27,29,31,35,37H,1,15-16,19-20,22,24-26H2,2-8H3,(H,47,54)(H,48,51)(H,49,53)/t29?,31-,35+,37-,45-/m1/s1. The highest BCUT2D eigenvalue weighted by Gasteiger charge is 2.64. The summed E-state index contributed by atoms with van der Waals surface area (Å²) in [6.07, 6.45) is 3.59. The minimum atomic E-state index is -4.03. The van der Waals surface area contributed by atoms with Crippen molar-refractivity contribution in [3.8, 4) is 22.8 Å². The Labute approximate surface area is 352 Å². The van der Waals surface area contributed by atoms with Crippen molar-refractivity contribution in [1.29, 1.82) is 0 Å². The second-order valence-corrected chi connectivity index (χ2v) is 21.0. The van der Waals surface area contributed by atoms with Crippen LogP contribution in [0.25, 0.3) is 22.2 Å². The van der Waals surface area contributed by atoms with Gasteiger partial charge in [0, 0.05) is 35.4 Å². The minimum Gasteiger partial charge on any atom is -0.497 e. The molecule has 3 N–H and O–H groups in total. The maximum absolute atomic E-state index is 14.8. The van der Waals surface area contributed by atoms with Gasteiger partial charge in [-0.15, -0.1) is 6.58 Å². The van der Waals surface area contributed by atoms with Crippen LogP contribution in [0.3, 0.4) is 0 Å². The Hall–Kier alpha value is -5.18. The smallest absolute Gasteiger partial charge is 0.408 e. The van der Waals surface area contributed by atoms with Gasteiger partial charge in [-0.1, -0.05) is 70.0 Å². The lowest BCUT2D eigenvalue weighted by atomic mass is 9.85. The molecule has 4 fully saturated rings. The molecule has 4 amide bonds. The van der Waals surface area contributed by atoms with E-state index in [0.29, 0.717) is 53.3 Å². The van der Waals surface area contributed by atoms with Crippen LogP contribution >= 0.6 is 0 Å². The summed E-state index contributed by atoms with van der Waals surface area (Å²) in [6.45, 7) is 14.3. The highest BCUT2D eigenvalue weighted by Crippen LogP contribution is 2.53. The van der Waals surface area contributed by atoms with E-state index in [1.54, 1.807) is 60.8 Å². The van der Waals surface area contributed by atoms with Gasteiger partial charge in [0.2, 0.25) is 21.8 Å². The van der Waals surface area contributed by atoms with E-state index in [1.807, 2.05) is 42.5 Å². The van der Waals surface area contributed by atoms with E-state index >= 15 is 0 Å². The third-order valence-corrected chi connectivity index (χ3v) is 14.1. The molecule has 3 aliphatic carbocycles. The van der Waals surface area contributed by atoms with Gasteiger partial charge in [0.15, 0.2) is 0 Å². The number of fused-ring (bicyclic) bond motifs is 1. The van der Waals surface area contributed by atoms with Crippen LogP contribution in [0.4, 0.5) is 4.79 Å². The molecule has 0 radical (unpaired) electrons. The fourth-order valence-electron chi connectivity index (χ4n) is 8.18. The number of methoxy groups -OCH3 is 1. The van der Waals surface area contributed by atoms with Gasteiger partial charge >= 0.3 is 6.09 Å². The van der Waals surface area contributed by atoms with Gasteiger partial charge in [0.25, 0.3) is 5.91 Å². The molecule has 3 aromatic rings. The number of ether oxygens (including phenoxy) is 3. The molecule has 14 nitrogen and oxygen atoms in total. The molecule has 1 aliphatic heterocycles. The normalized spacial score (nSPS) is 23.9. The van der Waals surface area contributed by atoms with E-state index in [-0.39, 0.29) is 19.4 Å². The quantitative estimate of drug-likeness (QED) is 0.162. The van der Waals surface area contributed by atoms with Gasteiger partial charge in [-0.3, -0.25) is 19.1 Å². The molecular formula is C45H57N5O9S. The number of amides is 4. The van der Waals surface area contributed by atoms with E-state index in [2.05, 4.69) is 21.9 Å². The van der Waals surface area contributed by atoms with Crippen LogP contribution in [0.5, 0.6) is 11.5 Å². The summed E-state index contributed by atoms with van der Waals surface area (Å²) in [4.78, 5) is 62.9. The maximum atomic E-state index is 14.8.